The van der Waals surface area contributed by atoms with Gasteiger partial charge >= 0.3 is 0 Å². The predicted octanol–water partition coefficient (Wildman–Crippen LogP) is 3.08. The lowest BCUT2D eigenvalue weighted by Gasteiger charge is -2.40. The van der Waals surface area contributed by atoms with E-state index in [1.807, 2.05) is 37.5 Å². The number of anilines is 4. The van der Waals surface area contributed by atoms with Crippen LogP contribution in [0.4, 0.5) is 23.3 Å². The number of rotatable bonds is 7. The summed E-state index contributed by atoms with van der Waals surface area (Å²) in [7, 11) is 1.99. The molecule has 4 heterocycles. The summed E-state index contributed by atoms with van der Waals surface area (Å²) in [4.78, 5) is 36.9. The number of hydrogen-bond donors (Lipinski definition) is 1. The van der Waals surface area contributed by atoms with E-state index in [0.717, 1.165) is 44.2 Å². The van der Waals surface area contributed by atoms with E-state index < -0.39 is 0 Å². The second-order valence-corrected chi connectivity index (χ2v) is 8.23. The number of aromatic nitrogens is 4. The molecule has 9 nitrogen and oxygen atoms in total. The number of hydrogen-bond acceptors (Lipinski definition) is 8. The van der Waals surface area contributed by atoms with Crippen LogP contribution in [0.1, 0.15) is 30.6 Å². The largest absolute Gasteiger partial charge is 0.360 e. The van der Waals surface area contributed by atoms with E-state index in [4.69, 9.17) is 0 Å². The van der Waals surface area contributed by atoms with Gasteiger partial charge < -0.3 is 20.0 Å². The van der Waals surface area contributed by atoms with Gasteiger partial charge in [0.2, 0.25) is 5.95 Å². The Morgan fingerprint density at radius 1 is 1.09 bits per heavy atom. The molecule has 9 heteroatoms. The molecule has 1 atom stereocenters. The molecule has 1 fully saturated rings. The normalized spacial score (nSPS) is 15.9. The Balaban J connectivity index is 1.35. The highest BCUT2D eigenvalue weighted by Gasteiger charge is 2.26. The van der Waals surface area contributed by atoms with E-state index in [1.54, 1.807) is 24.7 Å². The van der Waals surface area contributed by atoms with Gasteiger partial charge in [0.1, 0.15) is 11.6 Å². The Morgan fingerprint density at radius 3 is 2.55 bits per heavy atom. The van der Waals surface area contributed by atoms with Gasteiger partial charge in [-0.15, -0.1) is 0 Å². The van der Waals surface area contributed by atoms with E-state index in [2.05, 4.69) is 53.8 Å². The third kappa shape index (κ3) is 5.36. The summed E-state index contributed by atoms with van der Waals surface area (Å²) >= 11 is 0. The topological polar surface area (TPSA) is 90.4 Å². The number of pyridine rings is 2. The van der Waals surface area contributed by atoms with Crippen LogP contribution in [-0.2, 0) is 0 Å². The lowest BCUT2D eigenvalue weighted by Crippen LogP contribution is -2.53. The van der Waals surface area contributed by atoms with Crippen molar-refractivity contribution >= 4 is 29.2 Å². The van der Waals surface area contributed by atoms with Gasteiger partial charge in [0.05, 0.1) is 23.6 Å². The second-order valence-electron chi connectivity index (χ2n) is 8.23. The fourth-order valence-electron chi connectivity index (χ4n) is 3.94. The van der Waals surface area contributed by atoms with Crippen molar-refractivity contribution in [2.24, 2.45) is 0 Å². The maximum atomic E-state index is 12.6. The molecule has 0 unspecified atom stereocenters. The van der Waals surface area contributed by atoms with Crippen LogP contribution in [0.15, 0.2) is 55.1 Å². The molecule has 0 saturated carbocycles. The van der Waals surface area contributed by atoms with Crippen molar-refractivity contribution in [2.75, 3.05) is 53.2 Å². The zero-order valence-electron chi connectivity index (χ0n) is 19.3. The summed E-state index contributed by atoms with van der Waals surface area (Å²) in [6.07, 6.45) is 7.74. The minimum absolute atomic E-state index is 0.233. The average molecular weight is 447 g/mol. The smallest absolute Gasteiger partial charge is 0.257 e. The molecule has 1 saturated heterocycles. The third-order valence-electron chi connectivity index (χ3n) is 5.71. The molecule has 0 radical (unpaired) electrons. The van der Waals surface area contributed by atoms with Crippen molar-refractivity contribution in [1.82, 2.24) is 19.9 Å². The Kier molecular flexibility index (Phi) is 6.97. The first-order chi connectivity index (χ1) is 16.0. The van der Waals surface area contributed by atoms with Crippen LogP contribution in [0, 0.1) is 0 Å². The fraction of sp³-hybridized carbons (Fsp3) is 0.375. The van der Waals surface area contributed by atoms with Crippen molar-refractivity contribution in [3.05, 3.63) is 60.7 Å². The summed E-state index contributed by atoms with van der Waals surface area (Å²) in [5, 5.41) is 2.85. The molecular weight excluding hydrogens is 416 g/mol. The van der Waals surface area contributed by atoms with E-state index >= 15 is 0 Å². The second kappa shape index (κ2) is 10.2. The van der Waals surface area contributed by atoms with Crippen molar-refractivity contribution in [1.29, 1.82) is 0 Å². The Bertz CT molecular complexity index is 1040. The predicted molar refractivity (Wildman–Crippen MR) is 131 cm³/mol. The Morgan fingerprint density at radius 2 is 1.91 bits per heavy atom. The highest BCUT2D eigenvalue weighted by molar-refractivity contribution is 6.04. The van der Waals surface area contributed by atoms with Crippen LogP contribution in [-0.4, -0.2) is 65.1 Å². The fourth-order valence-corrected chi connectivity index (χ4v) is 3.94. The molecule has 4 rings (SSSR count). The summed E-state index contributed by atoms with van der Waals surface area (Å²) < 4.78 is 0. The summed E-state index contributed by atoms with van der Waals surface area (Å²) in [5.41, 5.74) is 1.04. The van der Waals surface area contributed by atoms with Gasteiger partial charge in [-0.1, -0.05) is 13.0 Å². The molecule has 172 valence electrons. The molecule has 1 aliphatic heterocycles. The van der Waals surface area contributed by atoms with Gasteiger partial charge in [0.25, 0.3) is 5.91 Å². The molecule has 33 heavy (non-hydrogen) atoms. The minimum atomic E-state index is -0.235. The van der Waals surface area contributed by atoms with E-state index in [0.29, 0.717) is 17.2 Å². The van der Waals surface area contributed by atoms with Crippen molar-refractivity contribution < 1.29 is 4.79 Å². The van der Waals surface area contributed by atoms with Crippen LogP contribution >= 0.6 is 0 Å². The van der Waals surface area contributed by atoms with Gasteiger partial charge in [-0.3, -0.25) is 4.79 Å². The van der Waals surface area contributed by atoms with E-state index in [9.17, 15) is 4.79 Å². The molecule has 3 aromatic rings. The zero-order valence-corrected chi connectivity index (χ0v) is 19.3. The molecule has 3 aromatic heterocycles. The van der Waals surface area contributed by atoms with Gasteiger partial charge in [-0.25, -0.2) is 19.9 Å². The molecule has 1 amide bonds. The molecule has 0 bridgehead atoms. The number of carbonyl (C=O) groups excluding carboxylic acids is 1. The van der Waals surface area contributed by atoms with Crippen LogP contribution < -0.4 is 20.0 Å². The molecular formula is C24H30N8O. The van der Waals surface area contributed by atoms with Crippen LogP contribution in [0.2, 0.25) is 0 Å². The first-order valence-electron chi connectivity index (χ1n) is 11.3. The van der Waals surface area contributed by atoms with Crippen LogP contribution in [0.25, 0.3) is 0 Å². The first kappa shape index (κ1) is 22.4. The standard InChI is InChI=1S/C24H30N8O/c1-4-11-30(3)21-9-8-19(14-26-21)23(33)29-20-15-27-24(28-16-20)32-13-12-31(17-18(32)2)22-7-5-6-10-25-22/h5-10,14-16,18H,4,11-13,17H2,1-3H3,(H,29,33)/t18-/m0/s1. The van der Waals surface area contributed by atoms with Crippen LogP contribution in [0.5, 0.6) is 0 Å². The lowest BCUT2D eigenvalue weighted by molar-refractivity contribution is 0.102. The first-order valence-corrected chi connectivity index (χ1v) is 11.3. The quantitative estimate of drug-likeness (QED) is 0.592. The molecule has 0 aliphatic carbocycles. The third-order valence-corrected chi connectivity index (χ3v) is 5.71. The number of nitrogens with one attached hydrogen (secondary N) is 1. The summed E-state index contributed by atoms with van der Waals surface area (Å²) in [5.74, 6) is 2.26. The lowest BCUT2D eigenvalue weighted by atomic mass is 10.2. The summed E-state index contributed by atoms with van der Waals surface area (Å²) in [6.45, 7) is 7.68. The van der Waals surface area contributed by atoms with Crippen molar-refractivity contribution in [3.63, 3.8) is 0 Å². The molecule has 0 aromatic carbocycles. The molecule has 1 N–H and O–H groups in total. The highest BCUT2D eigenvalue weighted by Crippen LogP contribution is 2.21. The van der Waals surface area contributed by atoms with Gasteiger partial charge in [0.15, 0.2) is 0 Å². The zero-order chi connectivity index (χ0) is 23.2. The Labute approximate surface area is 194 Å². The maximum Gasteiger partial charge on any atom is 0.257 e. The van der Waals surface area contributed by atoms with Crippen molar-refractivity contribution in [3.8, 4) is 0 Å². The van der Waals surface area contributed by atoms with Crippen molar-refractivity contribution in [2.45, 2.75) is 26.3 Å². The maximum absolute atomic E-state index is 12.6. The minimum Gasteiger partial charge on any atom is -0.360 e. The SMILES string of the molecule is CCCN(C)c1ccc(C(=O)Nc2cnc(N3CCN(c4ccccn4)C[C@@H]3C)nc2)cn1. The van der Waals surface area contributed by atoms with Gasteiger partial charge in [0, 0.05) is 51.7 Å². The number of amides is 1. The highest BCUT2D eigenvalue weighted by atomic mass is 16.1. The van der Waals surface area contributed by atoms with Gasteiger partial charge in [-0.05, 0) is 37.6 Å². The van der Waals surface area contributed by atoms with E-state index in [1.165, 1.54) is 0 Å². The Hall–Kier alpha value is -3.75. The van der Waals surface area contributed by atoms with E-state index in [-0.39, 0.29) is 11.9 Å². The average Bonchev–Trinajstić information content (AvgIpc) is 2.85. The van der Waals surface area contributed by atoms with Crippen LogP contribution in [0.3, 0.4) is 0 Å². The molecule has 0 spiro atoms. The monoisotopic (exact) mass is 446 g/mol. The molecule has 1 aliphatic rings. The van der Waals surface area contributed by atoms with Gasteiger partial charge in [-0.2, -0.15) is 0 Å². The number of nitrogens with zero attached hydrogens (tertiary/aromatic N) is 7. The number of carbonyl (C=O) groups is 1. The number of piperazine rings is 1. The summed E-state index contributed by atoms with van der Waals surface area (Å²) in [6, 6.07) is 9.83.